The fourth-order valence-corrected chi connectivity index (χ4v) is 8.57. The first-order chi connectivity index (χ1) is 22.6. The summed E-state index contributed by atoms with van der Waals surface area (Å²) in [5, 5.41) is 10.8. The molecule has 0 aromatic heterocycles. The molecule has 3 fully saturated rings. The minimum absolute atomic E-state index is 0.0176. The van der Waals surface area contributed by atoms with Crippen LogP contribution in [0.4, 0.5) is 28.9 Å². The van der Waals surface area contributed by atoms with Crippen molar-refractivity contribution >= 4 is 69.2 Å². The predicted octanol–water partition coefficient (Wildman–Crippen LogP) is 7.12. The van der Waals surface area contributed by atoms with E-state index in [2.05, 4.69) is 27.3 Å². The van der Waals surface area contributed by atoms with Crippen molar-refractivity contribution in [2.45, 2.75) is 32.0 Å². The Balaban J connectivity index is 1.39. The number of halogens is 6. The van der Waals surface area contributed by atoms with Crippen LogP contribution in [0.1, 0.15) is 31.2 Å². The average molecular weight is 795 g/mol. The molecule has 0 bridgehead atoms. The van der Waals surface area contributed by atoms with Crippen LogP contribution in [-0.2, 0) is 19.2 Å². The molecule has 3 aromatic rings. The number of alkyl halides is 3. The molecule has 8 nitrogen and oxygen atoms in total. The van der Waals surface area contributed by atoms with Crippen LogP contribution >= 0.6 is 34.2 Å². The zero-order chi connectivity index (χ0) is 34.4. The minimum atomic E-state index is -5.07. The number of phenolic OH excluding ortho intramolecular Hbond substituents is 1. The summed E-state index contributed by atoms with van der Waals surface area (Å²) < 4.78 is 59.0. The van der Waals surface area contributed by atoms with Crippen molar-refractivity contribution in [2.75, 3.05) is 9.80 Å². The van der Waals surface area contributed by atoms with Gasteiger partial charge in [0.15, 0.2) is 0 Å². The molecule has 4 amide bonds. The molecule has 14 heteroatoms. The van der Waals surface area contributed by atoms with E-state index in [4.69, 9.17) is 11.6 Å². The number of rotatable bonds is 4. The molecule has 6 unspecified atom stereocenters. The molecule has 4 aliphatic rings. The standard InChI is InChI=1S/C34H24ClF4IN2O6/c1-33-23(30(45)42(32(33)47)17-6-10-25(36)24(35)12-17)14-21-19(28(33)22-13-18(7-11-26(22)43)48-34(37,38)39)8-9-20-27(21)31(46)41(29(20)44)16-4-2-15(40)3-5-16/h2-8,10-13,20-21,23,27-28,43H,9,14H2,1H3. The van der Waals surface area contributed by atoms with E-state index in [-0.39, 0.29) is 29.1 Å². The van der Waals surface area contributed by atoms with E-state index >= 15 is 0 Å². The van der Waals surface area contributed by atoms with Gasteiger partial charge in [0.2, 0.25) is 23.6 Å². The summed E-state index contributed by atoms with van der Waals surface area (Å²) in [6.45, 7) is 1.49. The quantitative estimate of drug-likeness (QED) is 0.131. The van der Waals surface area contributed by atoms with Gasteiger partial charge in [0, 0.05) is 15.1 Å². The third-order valence-corrected chi connectivity index (χ3v) is 11.1. The Labute approximate surface area is 289 Å². The number of nitrogens with zero attached hydrogens (tertiary/aromatic N) is 2. The molecule has 48 heavy (non-hydrogen) atoms. The Morgan fingerprint density at radius 2 is 1.60 bits per heavy atom. The fourth-order valence-electron chi connectivity index (χ4n) is 8.04. The van der Waals surface area contributed by atoms with Crippen LogP contribution in [0.3, 0.4) is 0 Å². The van der Waals surface area contributed by atoms with E-state index in [1.165, 1.54) is 13.0 Å². The second-order valence-electron chi connectivity index (χ2n) is 12.5. The third-order valence-electron chi connectivity index (χ3n) is 10.1. The number of allylic oxidation sites excluding steroid dienone is 2. The third kappa shape index (κ3) is 4.91. The highest BCUT2D eigenvalue weighted by Gasteiger charge is 2.68. The van der Waals surface area contributed by atoms with Gasteiger partial charge in [-0.05, 0) is 109 Å². The van der Waals surface area contributed by atoms with Crippen molar-refractivity contribution in [1.29, 1.82) is 0 Å². The molecule has 1 saturated carbocycles. The summed E-state index contributed by atoms with van der Waals surface area (Å²) in [7, 11) is 0. The van der Waals surface area contributed by atoms with Gasteiger partial charge in [-0.2, -0.15) is 0 Å². The van der Waals surface area contributed by atoms with Gasteiger partial charge in [0.05, 0.1) is 39.6 Å². The molecule has 2 saturated heterocycles. The summed E-state index contributed by atoms with van der Waals surface area (Å²) in [6, 6.07) is 13.0. The van der Waals surface area contributed by atoms with Crippen molar-refractivity contribution in [3.63, 3.8) is 0 Å². The molecular weight excluding hydrogens is 771 g/mol. The van der Waals surface area contributed by atoms with Crippen molar-refractivity contribution < 1.29 is 46.6 Å². The molecule has 2 aliphatic carbocycles. The molecule has 2 aliphatic heterocycles. The lowest BCUT2D eigenvalue weighted by Crippen LogP contribution is -2.49. The number of hydrogen-bond acceptors (Lipinski definition) is 6. The highest BCUT2D eigenvalue weighted by molar-refractivity contribution is 14.1. The Morgan fingerprint density at radius 3 is 2.27 bits per heavy atom. The van der Waals surface area contributed by atoms with E-state index in [9.17, 15) is 41.8 Å². The maximum Gasteiger partial charge on any atom is 0.573 e. The van der Waals surface area contributed by atoms with Crippen molar-refractivity contribution in [3.8, 4) is 11.5 Å². The molecule has 248 valence electrons. The van der Waals surface area contributed by atoms with Gasteiger partial charge in [0.1, 0.15) is 17.3 Å². The van der Waals surface area contributed by atoms with Crippen molar-refractivity contribution in [2.24, 2.45) is 29.1 Å². The number of anilines is 2. The van der Waals surface area contributed by atoms with Crippen LogP contribution in [0, 0.1) is 38.5 Å². The molecule has 7 rings (SSSR count). The van der Waals surface area contributed by atoms with E-state index in [1.54, 1.807) is 30.3 Å². The summed E-state index contributed by atoms with van der Waals surface area (Å²) in [5.74, 6) is -9.16. The average Bonchev–Trinajstić information content (AvgIpc) is 3.39. The van der Waals surface area contributed by atoms with Gasteiger partial charge >= 0.3 is 6.36 Å². The van der Waals surface area contributed by atoms with Crippen LogP contribution in [0.25, 0.3) is 0 Å². The Hall–Kier alpha value is -3.98. The molecule has 3 aromatic carbocycles. The van der Waals surface area contributed by atoms with Crippen LogP contribution in [0.2, 0.25) is 5.02 Å². The molecule has 0 spiro atoms. The molecule has 2 heterocycles. The smallest absolute Gasteiger partial charge is 0.508 e. The largest absolute Gasteiger partial charge is 0.573 e. The molecule has 6 atom stereocenters. The Bertz CT molecular complexity index is 1950. The summed E-state index contributed by atoms with van der Waals surface area (Å²) in [5.41, 5.74) is -1.01. The molecule has 0 radical (unpaired) electrons. The number of ether oxygens (including phenoxy) is 1. The van der Waals surface area contributed by atoms with Crippen molar-refractivity contribution in [1.82, 2.24) is 0 Å². The lowest BCUT2D eigenvalue weighted by Gasteiger charge is -2.49. The number of benzene rings is 3. The predicted molar refractivity (Wildman–Crippen MR) is 172 cm³/mol. The first kappa shape index (κ1) is 32.6. The topological polar surface area (TPSA) is 104 Å². The van der Waals surface area contributed by atoms with Crippen LogP contribution in [0.5, 0.6) is 11.5 Å². The number of imide groups is 2. The monoisotopic (exact) mass is 794 g/mol. The van der Waals surface area contributed by atoms with E-state index in [0.29, 0.717) is 11.3 Å². The normalized spacial score (nSPS) is 28.3. The SMILES string of the molecule is CC12C(=O)N(c3ccc(F)c(Cl)c3)C(=O)C1CC1C(=CCC3C(=O)N(c4ccc(I)cc4)C(=O)C31)C2c1cc(OC(F)(F)F)ccc1O. The lowest BCUT2D eigenvalue weighted by atomic mass is 9.51. The number of phenols is 1. The van der Waals surface area contributed by atoms with E-state index in [1.807, 2.05) is 0 Å². The minimum Gasteiger partial charge on any atom is -0.508 e. The van der Waals surface area contributed by atoms with Crippen LogP contribution < -0.4 is 14.5 Å². The highest BCUT2D eigenvalue weighted by Crippen LogP contribution is 2.64. The summed E-state index contributed by atoms with van der Waals surface area (Å²) in [6.07, 6.45) is -3.33. The van der Waals surface area contributed by atoms with Gasteiger partial charge < -0.3 is 9.84 Å². The summed E-state index contributed by atoms with van der Waals surface area (Å²) >= 11 is 8.10. The maximum absolute atomic E-state index is 14.5. The number of fused-ring (bicyclic) bond motifs is 4. The van der Waals surface area contributed by atoms with Gasteiger partial charge in [-0.1, -0.05) is 23.3 Å². The van der Waals surface area contributed by atoms with E-state index < -0.39 is 82.3 Å². The van der Waals surface area contributed by atoms with E-state index in [0.717, 1.165) is 43.7 Å². The van der Waals surface area contributed by atoms with Crippen LogP contribution in [-0.4, -0.2) is 35.1 Å². The Kier molecular flexibility index (Phi) is 7.66. The lowest BCUT2D eigenvalue weighted by molar-refractivity contribution is -0.274. The maximum atomic E-state index is 14.5. The van der Waals surface area contributed by atoms with Gasteiger partial charge in [-0.3, -0.25) is 24.1 Å². The number of carbonyl (C=O) groups excluding carboxylic acids is 4. The number of carbonyl (C=O) groups is 4. The van der Waals surface area contributed by atoms with Gasteiger partial charge in [-0.25, -0.2) is 9.29 Å². The zero-order valence-electron chi connectivity index (χ0n) is 24.8. The van der Waals surface area contributed by atoms with Gasteiger partial charge in [0.25, 0.3) is 0 Å². The number of amides is 4. The van der Waals surface area contributed by atoms with Crippen molar-refractivity contribution in [3.05, 3.63) is 92.3 Å². The second-order valence-corrected chi connectivity index (χ2v) is 14.2. The highest BCUT2D eigenvalue weighted by atomic mass is 127. The molecule has 1 N–H and O–H groups in total. The Morgan fingerprint density at radius 1 is 0.917 bits per heavy atom. The van der Waals surface area contributed by atoms with Gasteiger partial charge in [-0.15, -0.1) is 13.2 Å². The summed E-state index contributed by atoms with van der Waals surface area (Å²) in [4.78, 5) is 58.6. The zero-order valence-corrected chi connectivity index (χ0v) is 27.7. The van der Waals surface area contributed by atoms with Crippen LogP contribution in [0.15, 0.2) is 72.3 Å². The number of hydrogen-bond donors (Lipinski definition) is 1. The first-order valence-electron chi connectivity index (χ1n) is 14.9. The molecular formula is C34H24ClF4IN2O6. The fraction of sp³-hybridized carbons (Fsp3) is 0.294. The number of aromatic hydroxyl groups is 1. The first-order valence-corrected chi connectivity index (χ1v) is 16.3. The second kappa shape index (κ2) is 11.3.